The first-order chi connectivity index (χ1) is 21.2. The van der Waals surface area contributed by atoms with E-state index < -0.39 is 6.10 Å². The monoisotopic (exact) mass is 603 g/mol. The van der Waals surface area contributed by atoms with Crippen molar-refractivity contribution in [3.63, 3.8) is 0 Å². The van der Waals surface area contributed by atoms with E-state index in [2.05, 4.69) is 62.5 Å². The average molecular weight is 603 g/mol. The van der Waals surface area contributed by atoms with Gasteiger partial charge in [-0.2, -0.15) is 0 Å². The summed E-state index contributed by atoms with van der Waals surface area (Å²) in [6.45, 7) is 5.20. The molecule has 0 saturated carbocycles. The van der Waals surface area contributed by atoms with Crippen LogP contribution in [0.4, 0.5) is 0 Å². The molecule has 0 aliphatic rings. The van der Waals surface area contributed by atoms with Gasteiger partial charge >= 0.3 is 5.97 Å². The molecule has 43 heavy (non-hydrogen) atoms. The Morgan fingerprint density at radius 3 is 1.58 bits per heavy atom. The van der Waals surface area contributed by atoms with Crippen molar-refractivity contribution in [2.45, 2.75) is 174 Å². The molecule has 0 aliphatic carbocycles. The zero-order valence-electron chi connectivity index (χ0n) is 28.5. The zero-order valence-corrected chi connectivity index (χ0v) is 28.5. The fourth-order valence-corrected chi connectivity index (χ4v) is 4.96. The number of allylic oxidation sites excluding steroid dienone is 8. The Bertz CT molecular complexity index is 679. The van der Waals surface area contributed by atoms with Gasteiger partial charge in [0.1, 0.15) is 6.10 Å². The van der Waals surface area contributed by atoms with Crippen LogP contribution in [-0.4, -0.2) is 37.0 Å². The second kappa shape index (κ2) is 36.5. The minimum absolute atomic E-state index is 0.174. The van der Waals surface area contributed by atoms with Crippen molar-refractivity contribution in [3.05, 3.63) is 48.6 Å². The summed E-state index contributed by atoms with van der Waals surface area (Å²) in [5.41, 5.74) is 0. The lowest BCUT2D eigenvalue weighted by atomic mass is 10.1. The van der Waals surface area contributed by atoms with Crippen molar-refractivity contribution >= 4 is 5.97 Å². The minimum Gasteiger partial charge on any atom is -0.457 e. The average Bonchev–Trinajstić information content (AvgIpc) is 3.01. The Kier molecular flexibility index (Phi) is 35.1. The van der Waals surface area contributed by atoms with Crippen LogP contribution < -0.4 is 0 Å². The fourth-order valence-electron chi connectivity index (χ4n) is 4.96. The first-order valence-corrected chi connectivity index (χ1v) is 18.2. The highest BCUT2D eigenvalue weighted by atomic mass is 16.6. The molecule has 0 bridgehead atoms. The quantitative estimate of drug-likeness (QED) is 0.0461. The first-order valence-electron chi connectivity index (χ1n) is 18.2. The lowest BCUT2D eigenvalue weighted by Crippen LogP contribution is -2.27. The van der Waals surface area contributed by atoms with E-state index in [1.807, 2.05) is 0 Å². The number of aliphatic hydroxyl groups is 1. The number of unbranched alkanes of at least 4 members (excludes halogenated alkanes) is 17. The second-order valence-corrected chi connectivity index (χ2v) is 11.9. The third-order valence-corrected chi connectivity index (χ3v) is 7.67. The molecule has 0 heterocycles. The van der Waals surface area contributed by atoms with Crippen LogP contribution in [-0.2, 0) is 14.3 Å². The van der Waals surface area contributed by atoms with Crippen LogP contribution in [0.1, 0.15) is 168 Å². The summed E-state index contributed by atoms with van der Waals surface area (Å²) < 4.78 is 11.1. The van der Waals surface area contributed by atoms with Crippen molar-refractivity contribution in [2.24, 2.45) is 0 Å². The van der Waals surface area contributed by atoms with Crippen LogP contribution in [0, 0.1) is 0 Å². The van der Waals surface area contributed by atoms with Gasteiger partial charge in [-0.05, 0) is 51.4 Å². The zero-order chi connectivity index (χ0) is 31.3. The van der Waals surface area contributed by atoms with E-state index in [1.54, 1.807) is 0 Å². The van der Waals surface area contributed by atoms with Crippen molar-refractivity contribution in [1.29, 1.82) is 0 Å². The predicted molar refractivity (Wildman–Crippen MR) is 187 cm³/mol. The van der Waals surface area contributed by atoms with E-state index in [0.29, 0.717) is 19.6 Å². The molecule has 0 aromatic rings. The third kappa shape index (κ3) is 34.7. The predicted octanol–water partition coefficient (Wildman–Crippen LogP) is 11.5. The Morgan fingerprint density at radius 1 is 0.581 bits per heavy atom. The normalized spacial score (nSPS) is 12.9. The highest BCUT2D eigenvalue weighted by Crippen LogP contribution is 2.13. The molecule has 0 aromatic heterocycles. The smallest absolute Gasteiger partial charge is 0.306 e. The van der Waals surface area contributed by atoms with Gasteiger partial charge in [0, 0.05) is 13.0 Å². The Morgan fingerprint density at radius 2 is 1.05 bits per heavy atom. The van der Waals surface area contributed by atoms with Crippen LogP contribution in [0.15, 0.2) is 48.6 Å². The van der Waals surface area contributed by atoms with E-state index >= 15 is 0 Å². The van der Waals surface area contributed by atoms with Crippen LogP contribution in [0.2, 0.25) is 0 Å². The Balaban J connectivity index is 3.44. The summed E-state index contributed by atoms with van der Waals surface area (Å²) in [6.07, 6.45) is 45.9. The standard InChI is InChI=1S/C39H70O4/c1-3-5-7-9-11-13-14-15-16-17-18-19-20-21-22-23-24-25-27-29-31-33-35-42-37-38(36-40)43-39(41)34-32-30-28-26-12-10-8-6-4-2/h5,7,11,13,15-16,18-19,38,40H,3-4,6,8-10,12,14,17,20-37H2,1-2H3/b7-5-,13-11-,16-15-,19-18-. The fraction of sp³-hybridized carbons (Fsp3) is 0.769. The molecule has 0 aliphatic heterocycles. The van der Waals surface area contributed by atoms with Crippen molar-refractivity contribution in [2.75, 3.05) is 19.8 Å². The topological polar surface area (TPSA) is 55.8 Å². The maximum absolute atomic E-state index is 12.1. The van der Waals surface area contributed by atoms with Gasteiger partial charge in [0.15, 0.2) is 0 Å². The maximum Gasteiger partial charge on any atom is 0.306 e. The molecule has 0 fully saturated rings. The van der Waals surface area contributed by atoms with Gasteiger partial charge in [-0.3, -0.25) is 4.79 Å². The van der Waals surface area contributed by atoms with E-state index in [1.165, 1.54) is 103 Å². The molecule has 0 rings (SSSR count). The molecular formula is C39H70O4. The molecule has 250 valence electrons. The van der Waals surface area contributed by atoms with Crippen molar-refractivity contribution < 1.29 is 19.4 Å². The number of aliphatic hydroxyl groups excluding tert-OH is 1. The number of carbonyl (C=O) groups is 1. The molecule has 1 unspecified atom stereocenters. The van der Waals surface area contributed by atoms with Gasteiger partial charge in [-0.25, -0.2) is 0 Å². The molecular weight excluding hydrogens is 532 g/mol. The van der Waals surface area contributed by atoms with Gasteiger partial charge in [0.2, 0.25) is 0 Å². The molecule has 0 spiro atoms. The number of rotatable bonds is 33. The summed E-state index contributed by atoms with van der Waals surface area (Å²) in [5, 5.41) is 9.52. The number of hydrogen-bond donors (Lipinski definition) is 1. The number of esters is 1. The van der Waals surface area contributed by atoms with E-state index in [-0.39, 0.29) is 12.6 Å². The van der Waals surface area contributed by atoms with Crippen LogP contribution in [0.25, 0.3) is 0 Å². The maximum atomic E-state index is 12.1. The van der Waals surface area contributed by atoms with Crippen LogP contribution >= 0.6 is 0 Å². The summed E-state index contributed by atoms with van der Waals surface area (Å²) in [5.74, 6) is -0.208. The summed E-state index contributed by atoms with van der Waals surface area (Å²) in [7, 11) is 0. The van der Waals surface area contributed by atoms with E-state index in [4.69, 9.17) is 9.47 Å². The van der Waals surface area contributed by atoms with Gasteiger partial charge in [0.05, 0.1) is 13.2 Å². The van der Waals surface area contributed by atoms with Gasteiger partial charge in [-0.1, -0.05) is 159 Å². The van der Waals surface area contributed by atoms with Crippen LogP contribution in [0.5, 0.6) is 0 Å². The van der Waals surface area contributed by atoms with Crippen molar-refractivity contribution in [3.8, 4) is 0 Å². The number of ether oxygens (including phenoxy) is 2. The van der Waals surface area contributed by atoms with Gasteiger partial charge < -0.3 is 14.6 Å². The largest absolute Gasteiger partial charge is 0.457 e. The van der Waals surface area contributed by atoms with Crippen LogP contribution in [0.3, 0.4) is 0 Å². The van der Waals surface area contributed by atoms with E-state index in [9.17, 15) is 9.90 Å². The Hall–Kier alpha value is -1.65. The lowest BCUT2D eigenvalue weighted by molar-refractivity contribution is -0.154. The molecule has 4 nitrogen and oxygen atoms in total. The molecule has 1 atom stereocenters. The molecule has 0 radical (unpaired) electrons. The molecule has 0 amide bonds. The van der Waals surface area contributed by atoms with Gasteiger partial charge in [0.25, 0.3) is 0 Å². The minimum atomic E-state index is -0.533. The highest BCUT2D eigenvalue weighted by molar-refractivity contribution is 5.69. The molecule has 0 aromatic carbocycles. The van der Waals surface area contributed by atoms with Crippen molar-refractivity contribution in [1.82, 2.24) is 0 Å². The number of carbonyl (C=O) groups excluding carboxylic acids is 1. The van der Waals surface area contributed by atoms with Gasteiger partial charge in [-0.15, -0.1) is 0 Å². The molecule has 1 N–H and O–H groups in total. The molecule has 4 heteroatoms. The third-order valence-electron chi connectivity index (χ3n) is 7.67. The first kappa shape index (κ1) is 41.4. The summed E-state index contributed by atoms with van der Waals surface area (Å²) >= 11 is 0. The summed E-state index contributed by atoms with van der Waals surface area (Å²) in [6, 6.07) is 0. The van der Waals surface area contributed by atoms with E-state index in [0.717, 1.165) is 44.9 Å². The molecule has 0 saturated heterocycles. The number of hydrogen-bond acceptors (Lipinski definition) is 4. The highest BCUT2D eigenvalue weighted by Gasteiger charge is 2.13. The summed E-state index contributed by atoms with van der Waals surface area (Å²) in [4.78, 5) is 12.1. The Labute approximate surface area is 267 Å². The lowest BCUT2D eigenvalue weighted by Gasteiger charge is -2.16. The SMILES string of the molecule is CC/C=C\C/C=C\C/C=C\C/C=C\CCCCCCCCCCCOCC(CO)OC(=O)CCCCCCCCCCC. The second-order valence-electron chi connectivity index (χ2n) is 11.9.